The highest BCUT2D eigenvalue weighted by atomic mass is 19.1. The van der Waals surface area contributed by atoms with E-state index in [1.165, 1.54) is 24.5 Å². The first kappa shape index (κ1) is 21.5. The van der Waals surface area contributed by atoms with Crippen LogP contribution in [0.1, 0.15) is 41.6 Å². The van der Waals surface area contributed by atoms with Gasteiger partial charge in [-0.3, -0.25) is 9.78 Å². The number of halogens is 2. The lowest BCUT2D eigenvalue weighted by molar-refractivity contribution is 0.0620. The average molecular weight is 433 g/mol. The highest BCUT2D eigenvalue weighted by Crippen LogP contribution is 2.45. The summed E-state index contributed by atoms with van der Waals surface area (Å²) in [5, 5.41) is 9.97. The summed E-state index contributed by atoms with van der Waals surface area (Å²) in [5.41, 5.74) is 0.357. The molecule has 8 heteroatoms. The number of hydrogen-bond acceptors (Lipinski definition) is 5. The highest BCUT2D eigenvalue weighted by molar-refractivity contribution is 5.99. The lowest BCUT2D eigenvalue weighted by Gasteiger charge is -2.41. The molecule has 1 saturated heterocycles. The van der Waals surface area contributed by atoms with Gasteiger partial charge in [-0.15, -0.1) is 0 Å². The van der Waals surface area contributed by atoms with E-state index in [1.807, 2.05) is 0 Å². The second-order valence-corrected chi connectivity index (χ2v) is 7.91. The molecule has 162 valence electrons. The largest absolute Gasteiger partial charge is 0.338 e. The van der Waals surface area contributed by atoms with Crippen molar-refractivity contribution in [2.24, 2.45) is 5.41 Å². The molecule has 0 N–H and O–H groups in total. The summed E-state index contributed by atoms with van der Waals surface area (Å²) in [6.45, 7) is 2.27. The molecule has 1 aliphatic heterocycles. The Morgan fingerprint density at radius 1 is 1.09 bits per heavy atom. The van der Waals surface area contributed by atoms with Crippen molar-refractivity contribution in [2.75, 3.05) is 13.1 Å². The lowest BCUT2D eigenvalue weighted by atomic mass is 9.67. The average Bonchev–Trinajstić information content (AvgIpc) is 2.84. The van der Waals surface area contributed by atoms with Crippen LogP contribution in [0.4, 0.5) is 8.78 Å². The Balaban J connectivity index is 1.56. The lowest BCUT2D eigenvalue weighted by Crippen LogP contribution is -2.45. The molecule has 3 aromatic rings. The molecule has 0 spiro atoms. The number of piperidine rings is 1. The van der Waals surface area contributed by atoms with Gasteiger partial charge in [0.05, 0.1) is 22.7 Å². The third-order valence-corrected chi connectivity index (χ3v) is 6.29. The van der Waals surface area contributed by atoms with Gasteiger partial charge in [0, 0.05) is 37.0 Å². The van der Waals surface area contributed by atoms with Gasteiger partial charge in [-0.1, -0.05) is 13.0 Å². The number of carbonyl (C=O) groups is 1. The van der Waals surface area contributed by atoms with Crippen molar-refractivity contribution in [1.82, 2.24) is 19.9 Å². The van der Waals surface area contributed by atoms with Gasteiger partial charge in [0.2, 0.25) is 0 Å². The molecular formula is C24H21F2N5O. The molecule has 1 atom stereocenters. The predicted molar refractivity (Wildman–Crippen MR) is 113 cm³/mol. The summed E-state index contributed by atoms with van der Waals surface area (Å²) >= 11 is 0. The SMILES string of the molecule is C[C@H](c1c(F)cccc1F)C1(C#N)CCN(C(=O)c2cccnc2-c2ccncn2)CC1. The molecule has 0 bridgehead atoms. The van der Waals surface area contributed by atoms with Gasteiger partial charge in [-0.25, -0.2) is 18.7 Å². The maximum Gasteiger partial charge on any atom is 0.256 e. The van der Waals surface area contributed by atoms with Crippen LogP contribution in [0.25, 0.3) is 11.4 Å². The van der Waals surface area contributed by atoms with Crippen LogP contribution in [0.15, 0.2) is 55.1 Å². The number of nitrogens with zero attached hydrogens (tertiary/aromatic N) is 5. The summed E-state index contributed by atoms with van der Waals surface area (Å²) in [4.78, 5) is 27.3. The van der Waals surface area contributed by atoms with Crippen LogP contribution in [0, 0.1) is 28.4 Å². The fourth-order valence-corrected chi connectivity index (χ4v) is 4.33. The van der Waals surface area contributed by atoms with Gasteiger partial charge in [-0.05, 0) is 43.2 Å². The van der Waals surface area contributed by atoms with Gasteiger partial charge >= 0.3 is 0 Å². The molecule has 32 heavy (non-hydrogen) atoms. The number of amides is 1. The van der Waals surface area contributed by atoms with E-state index in [2.05, 4.69) is 21.0 Å². The van der Waals surface area contributed by atoms with Crippen molar-refractivity contribution in [3.63, 3.8) is 0 Å². The summed E-state index contributed by atoms with van der Waals surface area (Å²) in [7, 11) is 0. The molecule has 1 aliphatic rings. The Kier molecular flexibility index (Phi) is 5.91. The van der Waals surface area contributed by atoms with Gasteiger partial charge in [0.15, 0.2) is 0 Å². The molecule has 1 aromatic carbocycles. The zero-order chi connectivity index (χ0) is 22.7. The van der Waals surface area contributed by atoms with Crippen LogP contribution in [0.2, 0.25) is 0 Å². The Hall–Kier alpha value is -3.73. The quantitative estimate of drug-likeness (QED) is 0.610. The fraction of sp³-hybridized carbons (Fsp3) is 0.292. The zero-order valence-corrected chi connectivity index (χ0v) is 17.5. The van der Waals surface area contributed by atoms with Crippen molar-refractivity contribution in [1.29, 1.82) is 5.26 Å². The summed E-state index contributed by atoms with van der Waals surface area (Å²) < 4.78 is 28.7. The first-order chi connectivity index (χ1) is 15.5. The molecule has 6 nitrogen and oxygen atoms in total. The van der Waals surface area contributed by atoms with Crippen molar-refractivity contribution in [3.05, 3.63) is 77.9 Å². The van der Waals surface area contributed by atoms with Crippen molar-refractivity contribution >= 4 is 5.91 Å². The van der Waals surface area contributed by atoms with Crippen molar-refractivity contribution in [2.45, 2.75) is 25.7 Å². The normalized spacial score (nSPS) is 16.2. The Labute approximate surface area is 184 Å². The maximum atomic E-state index is 14.4. The number of nitriles is 1. The maximum absolute atomic E-state index is 14.4. The van der Waals surface area contributed by atoms with Crippen molar-refractivity contribution < 1.29 is 13.6 Å². The van der Waals surface area contributed by atoms with E-state index in [0.29, 0.717) is 42.9 Å². The molecule has 1 fully saturated rings. The van der Waals surface area contributed by atoms with E-state index < -0.39 is 23.0 Å². The minimum absolute atomic E-state index is 0.0767. The molecule has 0 saturated carbocycles. The number of benzene rings is 1. The van der Waals surface area contributed by atoms with Crippen LogP contribution in [0.3, 0.4) is 0 Å². The molecular weight excluding hydrogens is 412 g/mol. The van der Waals surface area contributed by atoms with Gasteiger partial charge in [-0.2, -0.15) is 5.26 Å². The molecule has 0 aliphatic carbocycles. The number of rotatable bonds is 4. The number of pyridine rings is 1. The Morgan fingerprint density at radius 2 is 1.81 bits per heavy atom. The molecule has 1 amide bonds. The van der Waals surface area contributed by atoms with Gasteiger partial charge in [0.25, 0.3) is 5.91 Å². The molecule has 4 rings (SSSR count). The van der Waals surface area contributed by atoms with E-state index in [0.717, 1.165) is 0 Å². The molecule has 3 heterocycles. The van der Waals surface area contributed by atoms with Crippen LogP contribution in [0.5, 0.6) is 0 Å². The van der Waals surface area contributed by atoms with E-state index in [9.17, 15) is 18.8 Å². The molecule has 0 radical (unpaired) electrons. The third-order valence-electron chi connectivity index (χ3n) is 6.29. The van der Waals surface area contributed by atoms with Crippen LogP contribution < -0.4 is 0 Å². The second-order valence-electron chi connectivity index (χ2n) is 7.91. The fourth-order valence-electron chi connectivity index (χ4n) is 4.33. The molecule has 0 unspecified atom stereocenters. The Morgan fingerprint density at radius 3 is 2.44 bits per heavy atom. The summed E-state index contributed by atoms with van der Waals surface area (Å²) in [5.74, 6) is -2.19. The number of hydrogen-bond donors (Lipinski definition) is 0. The number of aromatic nitrogens is 3. The number of likely N-dealkylation sites (tertiary alicyclic amines) is 1. The minimum atomic E-state index is -0.968. The van der Waals surface area contributed by atoms with E-state index in [-0.39, 0.29) is 11.5 Å². The summed E-state index contributed by atoms with van der Waals surface area (Å²) in [6, 6.07) is 11.1. The number of carbonyl (C=O) groups excluding carboxylic acids is 1. The van der Waals surface area contributed by atoms with E-state index in [1.54, 1.807) is 42.4 Å². The third kappa shape index (κ3) is 3.82. The summed E-state index contributed by atoms with van der Waals surface area (Å²) in [6.07, 6.45) is 5.19. The highest BCUT2D eigenvalue weighted by Gasteiger charge is 2.43. The van der Waals surface area contributed by atoms with Crippen LogP contribution in [-0.2, 0) is 0 Å². The monoisotopic (exact) mass is 433 g/mol. The van der Waals surface area contributed by atoms with Gasteiger partial charge < -0.3 is 4.90 Å². The standard InChI is InChI=1S/C24H21F2N5O/c1-16(21-18(25)5-2-6-19(21)26)24(14-27)8-12-31(13-9-24)23(32)17-4-3-10-29-22(17)20-7-11-28-15-30-20/h2-7,10-11,15-16H,8-9,12-13H2,1H3/t16-/m1/s1. The predicted octanol–water partition coefficient (Wildman–Crippen LogP) is 4.37. The van der Waals surface area contributed by atoms with E-state index in [4.69, 9.17) is 0 Å². The second kappa shape index (κ2) is 8.79. The molecule has 2 aromatic heterocycles. The van der Waals surface area contributed by atoms with Crippen LogP contribution >= 0.6 is 0 Å². The smallest absolute Gasteiger partial charge is 0.256 e. The topological polar surface area (TPSA) is 82.8 Å². The first-order valence-electron chi connectivity index (χ1n) is 10.3. The van der Waals surface area contributed by atoms with Gasteiger partial charge in [0.1, 0.15) is 23.7 Å². The van der Waals surface area contributed by atoms with Crippen molar-refractivity contribution in [3.8, 4) is 17.5 Å². The Bertz CT molecular complexity index is 1150. The van der Waals surface area contributed by atoms with Crippen LogP contribution in [-0.4, -0.2) is 38.8 Å². The van der Waals surface area contributed by atoms with E-state index >= 15 is 0 Å². The first-order valence-corrected chi connectivity index (χ1v) is 10.3. The zero-order valence-electron chi connectivity index (χ0n) is 17.5. The minimum Gasteiger partial charge on any atom is -0.338 e.